The maximum Gasteiger partial charge on any atom is 0.390 e. The quantitative estimate of drug-likeness (QED) is 0.570. The van der Waals surface area contributed by atoms with E-state index in [0.29, 0.717) is 12.1 Å². The van der Waals surface area contributed by atoms with Gasteiger partial charge in [0.25, 0.3) is 0 Å². The van der Waals surface area contributed by atoms with Crippen LogP contribution in [0.1, 0.15) is 45.4 Å². The smallest absolute Gasteiger partial charge is 0.345 e. The lowest BCUT2D eigenvalue weighted by Gasteiger charge is -2.24. The van der Waals surface area contributed by atoms with E-state index < -0.39 is 34.4 Å². The first-order valence-corrected chi connectivity index (χ1v) is 11.0. The van der Waals surface area contributed by atoms with Crippen LogP contribution in [-0.2, 0) is 10.0 Å². The molecule has 7 nitrogen and oxygen atoms in total. The summed E-state index contributed by atoms with van der Waals surface area (Å²) in [4.78, 5) is 11.9. The summed E-state index contributed by atoms with van der Waals surface area (Å²) in [6.45, 7) is 5.67. The van der Waals surface area contributed by atoms with Gasteiger partial charge in [-0.3, -0.25) is 4.40 Å². The van der Waals surface area contributed by atoms with Crippen molar-refractivity contribution < 1.29 is 21.6 Å². The second-order valence-corrected chi connectivity index (χ2v) is 9.51. The molecule has 3 heterocycles. The second kappa shape index (κ2) is 7.94. The van der Waals surface area contributed by atoms with E-state index in [0.717, 1.165) is 16.9 Å². The number of rotatable bonds is 8. The SMILES string of the molecule is CC(C)[C@H](C[C@H](C)NS(=O)(=O)CCC(F)(F)F)c1ncc2cnc3[nH]ccc3n12. The minimum absolute atomic E-state index is 0.113. The monoisotopic (exact) mass is 431 g/mol. The van der Waals surface area contributed by atoms with Crippen molar-refractivity contribution in [1.82, 2.24) is 24.1 Å². The molecule has 0 bridgehead atoms. The fourth-order valence-corrected chi connectivity index (χ4v) is 4.81. The van der Waals surface area contributed by atoms with E-state index in [1.165, 1.54) is 0 Å². The van der Waals surface area contributed by atoms with Gasteiger partial charge < -0.3 is 4.98 Å². The van der Waals surface area contributed by atoms with Crippen molar-refractivity contribution in [1.29, 1.82) is 0 Å². The molecule has 0 saturated carbocycles. The van der Waals surface area contributed by atoms with Gasteiger partial charge in [-0.1, -0.05) is 13.8 Å². The predicted octanol–water partition coefficient (Wildman–Crippen LogP) is 3.60. The Kier molecular flexibility index (Phi) is 5.91. The third kappa shape index (κ3) is 5.08. The van der Waals surface area contributed by atoms with Gasteiger partial charge in [0.15, 0.2) is 5.65 Å². The van der Waals surface area contributed by atoms with E-state index in [9.17, 15) is 21.6 Å². The van der Waals surface area contributed by atoms with E-state index in [1.807, 2.05) is 24.3 Å². The molecule has 0 aliphatic carbocycles. The van der Waals surface area contributed by atoms with Crippen LogP contribution in [0, 0.1) is 5.92 Å². The molecule has 0 aliphatic heterocycles. The van der Waals surface area contributed by atoms with Crippen LogP contribution in [0.4, 0.5) is 13.2 Å². The molecule has 11 heteroatoms. The van der Waals surface area contributed by atoms with Gasteiger partial charge in [-0.05, 0) is 25.3 Å². The maximum atomic E-state index is 12.4. The average Bonchev–Trinajstić information content (AvgIpc) is 3.22. The summed E-state index contributed by atoms with van der Waals surface area (Å²) in [7, 11) is -4.03. The number of halogens is 3. The highest BCUT2D eigenvalue weighted by atomic mass is 32.2. The minimum Gasteiger partial charge on any atom is -0.345 e. The lowest BCUT2D eigenvalue weighted by Crippen LogP contribution is -2.37. The fraction of sp³-hybridized carbons (Fsp3) is 0.556. The van der Waals surface area contributed by atoms with E-state index in [-0.39, 0.29) is 11.8 Å². The van der Waals surface area contributed by atoms with Crippen molar-refractivity contribution in [2.45, 2.75) is 51.7 Å². The summed E-state index contributed by atoms with van der Waals surface area (Å²) in [5.74, 6) is -0.193. The summed E-state index contributed by atoms with van der Waals surface area (Å²) >= 11 is 0. The number of alkyl halides is 3. The molecule has 160 valence electrons. The number of fused-ring (bicyclic) bond motifs is 3. The predicted molar refractivity (Wildman–Crippen MR) is 104 cm³/mol. The molecule has 0 unspecified atom stereocenters. The van der Waals surface area contributed by atoms with Crippen molar-refractivity contribution in [2.75, 3.05) is 5.75 Å². The van der Waals surface area contributed by atoms with Crippen molar-refractivity contribution >= 4 is 26.7 Å². The van der Waals surface area contributed by atoms with Gasteiger partial charge >= 0.3 is 6.18 Å². The standard InChI is InChI=1S/C18H24F3N5O2S/c1-11(2)14(8-12(3)25-29(27,28)7-5-18(19,20)21)17-24-10-13-9-23-16-15(26(13)17)4-6-22-16/h4,6,9-12,14,22,25H,5,7-8H2,1-3H3/t12-,14-/m0/s1. The zero-order chi connectivity index (χ0) is 21.4. The summed E-state index contributed by atoms with van der Waals surface area (Å²) in [6, 6.07) is 1.35. The van der Waals surface area contributed by atoms with Gasteiger partial charge in [0.1, 0.15) is 5.82 Å². The maximum absolute atomic E-state index is 12.4. The number of H-pyrrole nitrogens is 1. The van der Waals surface area contributed by atoms with Gasteiger partial charge in [-0.25, -0.2) is 23.1 Å². The Bertz CT molecular complexity index is 1090. The van der Waals surface area contributed by atoms with Gasteiger partial charge in [0, 0.05) is 18.2 Å². The van der Waals surface area contributed by atoms with Crippen molar-refractivity contribution in [3.05, 3.63) is 30.5 Å². The highest BCUT2D eigenvalue weighted by Crippen LogP contribution is 2.31. The summed E-state index contributed by atoms with van der Waals surface area (Å²) in [5, 5.41) is 0. The van der Waals surface area contributed by atoms with Crippen molar-refractivity contribution in [3.8, 4) is 0 Å². The Morgan fingerprint density at radius 1 is 1.21 bits per heavy atom. The van der Waals surface area contributed by atoms with E-state index in [4.69, 9.17) is 0 Å². The van der Waals surface area contributed by atoms with Gasteiger partial charge in [-0.15, -0.1) is 0 Å². The number of aromatic amines is 1. The van der Waals surface area contributed by atoms with Crippen LogP contribution in [0.2, 0.25) is 0 Å². The average molecular weight is 431 g/mol. The highest BCUT2D eigenvalue weighted by Gasteiger charge is 2.31. The van der Waals surface area contributed by atoms with Crippen LogP contribution in [0.25, 0.3) is 16.7 Å². The molecule has 0 saturated heterocycles. The van der Waals surface area contributed by atoms with E-state index in [1.54, 1.807) is 25.5 Å². The zero-order valence-electron chi connectivity index (χ0n) is 16.4. The van der Waals surface area contributed by atoms with Crippen LogP contribution in [-0.4, -0.2) is 45.7 Å². The molecule has 0 radical (unpaired) electrons. The molecule has 3 aromatic rings. The Hall–Kier alpha value is -2.14. The first kappa shape index (κ1) is 21.6. The van der Waals surface area contributed by atoms with Crippen LogP contribution in [0.5, 0.6) is 0 Å². The third-order valence-electron chi connectivity index (χ3n) is 4.87. The first-order valence-electron chi connectivity index (χ1n) is 9.33. The molecule has 0 spiro atoms. The molecule has 3 rings (SSSR count). The summed E-state index contributed by atoms with van der Waals surface area (Å²) in [5.41, 5.74) is 2.38. The number of nitrogens with one attached hydrogen (secondary N) is 2. The minimum atomic E-state index is -4.51. The van der Waals surface area contributed by atoms with Gasteiger partial charge in [0.2, 0.25) is 10.0 Å². The van der Waals surface area contributed by atoms with Crippen LogP contribution >= 0.6 is 0 Å². The van der Waals surface area contributed by atoms with Crippen molar-refractivity contribution in [3.63, 3.8) is 0 Å². The van der Waals surface area contributed by atoms with E-state index >= 15 is 0 Å². The van der Waals surface area contributed by atoms with Crippen LogP contribution < -0.4 is 4.72 Å². The molecular weight excluding hydrogens is 407 g/mol. The number of sulfonamides is 1. The topological polar surface area (TPSA) is 92.2 Å². The summed E-state index contributed by atoms with van der Waals surface area (Å²) in [6.07, 6.45) is -0.285. The molecule has 0 aliphatic rings. The number of hydrogen-bond acceptors (Lipinski definition) is 4. The Balaban J connectivity index is 1.82. The molecule has 0 aromatic carbocycles. The normalized spacial score (nSPS) is 15.4. The fourth-order valence-electron chi connectivity index (χ4n) is 3.48. The lowest BCUT2D eigenvalue weighted by molar-refractivity contribution is -0.130. The third-order valence-corrected chi connectivity index (χ3v) is 6.37. The first-order chi connectivity index (χ1) is 13.5. The zero-order valence-corrected chi connectivity index (χ0v) is 17.2. The summed E-state index contributed by atoms with van der Waals surface area (Å²) < 4.78 is 65.5. The number of nitrogens with zero attached hydrogens (tertiary/aromatic N) is 3. The van der Waals surface area contributed by atoms with E-state index in [2.05, 4.69) is 19.7 Å². The molecule has 0 fully saturated rings. The second-order valence-electron chi connectivity index (χ2n) is 7.64. The Labute approximate surface area is 166 Å². The Morgan fingerprint density at radius 2 is 1.90 bits per heavy atom. The molecule has 29 heavy (non-hydrogen) atoms. The Morgan fingerprint density at radius 3 is 2.55 bits per heavy atom. The number of aromatic nitrogens is 4. The highest BCUT2D eigenvalue weighted by molar-refractivity contribution is 7.89. The molecule has 2 atom stereocenters. The van der Waals surface area contributed by atoms with Crippen molar-refractivity contribution in [2.24, 2.45) is 5.92 Å². The molecule has 3 aromatic heterocycles. The molecular formula is C18H24F3N5O2S. The molecule has 0 amide bonds. The van der Waals surface area contributed by atoms with Crippen LogP contribution in [0.15, 0.2) is 24.7 Å². The largest absolute Gasteiger partial charge is 0.390 e. The number of imidazole rings is 1. The van der Waals surface area contributed by atoms with Crippen LogP contribution in [0.3, 0.4) is 0 Å². The van der Waals surface area contributed by atoms with Gasteiger partial charge in [-0.2, -0.15) is 13.2 Å². The molecule has 2 N–H and O–H groups in total. The lowest BCUT2D eigenvalue weighted by atomic mass is 9.89. The van der Waals surface area contributed by atoms with Gasteiger partial charge in [0.05, 0.1) is 35.6 Å². The number of hydrogen-bond donors (Lipinski definition) is 2.